The van der Waals surface area contributed by atoms with Crippen LogP contribution in [0.3, 0.4) is 0 Å². The largest absolute Gasteiger partial charge is 0.355 e. The zero-order valence-corrected chi connectivity index (χ0v) is 16.9. The highest BCUT2D eigenvalue weighted by molar-refractivity contribution is 5.98. The molecule has 2 fully saturated rings. The van der Waals surface area contributed by atoms with Gasteiger partial charge in [-0.3, -0.25) is 4.79 Å². The molecule has 1 spiro atoms. The van der Waals surface area contributed by atoms with Gasteiger partial charge in [0.2, 0.25) is 5.91 Å². The molecule has 8 nitrogen and oxygen atoms in total. The van der Waals surface area contributed by atoms with Gasteiger partial charge in [-0.1, -0.05) is 31.0 Å². The lowest BCUT2D eigenvalue weighted by Crippen LogP contribution is -2.44. The summed E-state index contributed by atoms with van der Waals surface area (Å²) in [4.78, 5) is 17.9. The number of tetrazole rings is 1. The summed E-state index contributed by atoms with van der Waals surface area (Å²) in [5.41, 5.74) is 3.38. The second-order valence-corrected chi connectivity index (χ2v) is 8.91. The predicted octanol–water partition coefficient (Wildman–Crippen LogP) is 2.59. The number of benzene rings is 1. The van der Waals surface area contributed by atoms with Crippen LogP contribution in [-0.2, 0) is 10.2 Å². The summed E-state index contributed by atoms with van der Waals surface area (Å²) in [7, 11) is 0. The van der Waals surface area contributed by atoms with Crippen LogP contribution in [-0.4, -0.2) is 50.8 Å². The number of carbonyl (C=O) groups excluding carboxylic acids is 1. The summed E-state index contributed by atoms with van der Waals surface area (Å²) in [6.07, 6.45) is 6.65. The van der Waals surface area contributed by atoms with Crippen LogP contribution in [0.1, 0.15) is 44.1 Å². The lowest BCUT2D eigenvalue weighted by atomic mass is 9.81. The van der Waals surface area contributed by atoms with Crippen molar-refractivity contribution in [2.45, 2.75) is 43.9 Å². The fourth-order valence-electron chi connectivity index (χ4n) is 5.69. The maximum atomic E-state index is 13.5. The van der Waals surface area contributed by atoms with Gasteiger partial charge in [-0.05, 0) is 59.9 Å². The van der Waals surface area contributed by atoms with Crippen molar-refractivity contribution in [3.05, 3.63) is 42.0 Å². The van der Waals surface area contributed by atoms with Crippen LogP contribution in [0.2, 0.25) is 0 Å². The third-order valence-electron chi connectivity index (χ3n) is 7.28. The van der Waals surface area contributed by atoms with Gasteiger partial charge >= 0.3 is 0 Å². The molecule has 0 radical (unpaired) electrons. The minimum Gasteiger partial charge on any atom is -0.355 e. The molecule has 0 atom stereocenters. The van der Waals surface area contributed by atoms with E-state index in [1.54, 1.807) is 0 Å². The molecule has 2 aromatic heterocycles. The smallest absolute Gasteiger partial charge is 0.230 e. The van der Waals surface area contributed by atoms with Crippen LogP contribution >= 0.6 is 0 Å². The molecule has 0 bridgehead atoms. The molecule has 1 saturated carbocycles. The SMILES string of the molecule is O=C(C1CCN(c2ccc3nnnn3n2)CC1)N1CC2(CCCC2)c2ccccc21. The molecule has 3 aliphatic rings. The average Bonchev–Trinajstić information content (AvgIpc) is 3.53. The summed E-state index contributed by atoms with van der Waals surface area (Å²) in [6.45, 7) is 2.50. The Morgan fingerprint density at radius 3 is 2.67 bits per heavy atom. The Kier molecular flexibility index (Phi) is 4.01. The van der Waals surface area contributed by atoms with Crippen molar-refractivity contribution in [3.63, 3.8) is 0 Å². The molecule has 4 heterocycles. The van der Waals surface area contributed by atoms with E-state index in [1.807, 2.05) is 12.1 Å². The van der Waals surface area contributed by atoms with Gasteiger partial charge in [-0.15, -0.1) is 14.8 Å². The number of amides is 1. The molecule has 154 valence electrons. The minimum absolute atomic E-state index is 0.0719. The van der Waals surface area contributed by atoms with Gasteiger partial charge in [0.05, 0.1) is 0 Å². The average molecular weight is 403 g/mol. The monoisotopic (exact) mass is 403 g/mol. The van der Waals surface area contributed by atoms with E-state index >= 15 is 0 Å². The minimum atomic E-state index is 0.0719. The molecule has 1 saturated heterocycles. The van der Waals surface area contributed by atoms with Gasteiger partial charge in [-0.25, -0.2) is 0 Å². The number of hydrogen-bond donors (Lipinski definition) is 0. The van der Waals surface area contributed by atoms with Crippen LogP contribution in [0.4, 0.5) is 11.5 Å². The van der Waals surface area contributed by atoms with Gasteiger partial charge in [0.15, 0.2) is 11.5 Å². The van der Waals surface area contributed by atoms with Crippen LogP contribution in [0.15, 0.2) is 36.4 Å². The summed E-state index contributed by atoms with van der Waals surface area (Å²) < 4.78 is 1.45. The Hall–Kier alpha value is -3.03. The van der Waals surface area contributed by atoms with Crippen molar-refractivity contribution in [2.24, 2.45) is 5.92 Å². The second-order valence-electron chi connectivity index (χ2n) is 8.91. The Balaban J connectivity index is 1.18. The van der Waals surface area contributed by atoms with Crippen LogP contribution in [0.5, 0.6) is 0 Å². The molecule has 30 heavy (non-hydrogen) atoms. The topological polar surface area (TPSA) is 79.5 Å². The summed E-state index contributed by atoms with van der Waals surface area (Å²) in [6, 6.07) is 12.4. The van der Waals surface area contributed by atoms with E-state index in [0.29, 0.717) is 11.6 Å². The molecule has 0 N–H and O–H groups in total. The first-order valence-corrected chi connectivity index (χ1v) is 10.9. The van der Waals surface area contributed by atoms with Gasteiger partial charge in [0.1, 0.15) is 0 Å². The van der Waals surface area contributed by atoms with Crippen molar-refractivity contribution in [2.75, 3.05) is 29.4 Å². The molecule has 1 amide bonds. The third-order valence-corrected chi connectivity index (χ3v) is 7.28. The molecule has 1 aromatic carbocycles. The van der Waals surface area contributed by atoms with Crippen molar-refractivity contribution in [1.82, 2.24) is 25.3 Å². The maximum absolute atomic E-state index is 13.5. The number of hydrogen-bond acceptors (Lipinski definition) is 6. The number of para-hydroxylation sites is 1. The third kappa shape index (κ3) is 2.69. The van der Waals surface area contributed by atoms with Gasteiger partial charge in [-0.2, -0.15) is 0 Å². The van der Waals surface area contributed by atoms with Gasteiger partial charge < -0.3 is 9.80 Å². The van der Waals surface area contributed by atoms with Gasteiger partial charge in [0.25, 0.3) is 0 Å². The molecular weight excluding hydrogens is 378 g/mol. The summed E-state index contributed by atoms with van der Waals surface area (Å²) in [5.74, 6) is 1.23. The Morgan fingerprint density at radius 2 is 1.83 bits per heavy atom. The summed E-state index contributed by atoms with van der Waals surface area (Å²) >= 11 is 0. The lowest BCUT2D eigenvalue weighted by Gasteiger charge is -2.34. The van der Waals surface area contributed by atoms with E-state index in [-0.39, 0.29) is 11.3 Å². The Morgan fingerprint density at radius 1 is 1.03 bits per heavy atom. The van der Waals surface area contributed by atoms with Crippen LogP contribution in [0.25, 0.3) is 5.65 Å². The number of rotatable bonds is 2. The van der Waals surface area contributed by atoms with Crippen LogP contribution < -0.4 is 9.80 Å². The number of aromatic nitrogens is 5. The highest BCUT2D eigenvalue weighted by Crippen LogP contribution is 2.50. The molecule has 3 aromatic rings. The second kappa shape index (κ2) is 6.75. The maximum Gasteiger partial charge on any atom is 0.230 e. The van der Waals surface area contributed by atoms with E-state index in [2.05, 4.69) is 54.7 Å². The standard InChI is InChI=1S/C22H25N7O/c30-21(28-15-22(11-3-4-12-22)17-5-1-2-6-18(17)28)16-9-13-27(14-10-16)20-8-7-19-23-25-26-29(19)24-20/h1-2,5-8,16H,3-4,9-15H2. The molecule has 6 rings (SSSR count). The van der Waals surface area contributed by atoms with E-state index in [1.165, 1.54) is 35.9 Å². The quantitative estimate of drug-likeness (QED) is 0.654. The highest BCUT2D eigenvalue weighted by atomic mass is 16.2. The van der Waals surface area contributed by atoms with Crippen molar-refractivity contribution < 1.29 is 4.79 Å². The molecule has 1 aliphatic carbocycles. The van der Waals surface area contributed by atoms with Crippen molar-refractivity contribution in [3.8, 4) is 0 Å². The van der Waals surface area contributed by atoms with Gasteiger partial charge in [0, 0.05) is 36.7 Å². The zero-order chi connectivity index (χ0) is 20.1. The fourth-order valence-corrected chi connectivity index (χ4v) is 5.69. The molecule has 8 heteroatoms. The molecular formula is C22H25N7O. The first-order valence-electron chi connectivity index (χ1n) is 10.9. The van der Waals surface area contributed by atoms with Crippen molar-refractivity contribution >= 4 is 23.1 Å². The number of fused-ring (bicyclic) bond motifs is 3. The Labute approximate surface area is 174 Å². The number of anilines is 2. The number of piperidine rings is 1. The normalized spacial score (nSPS) is 20.9. The number of nitrogens with zero attached hydrogens (tertiary/aromatic N) is 7. The molecule has 0 unspecified atom stereocenters. The Bertz CT molecular complexity index is 1100. The predicted molar refractivity (Wildman–Crippen MR) is 112 cm³/mol. The lowest BCUT2D eigenvalue weighted by molar-refractivity contribution is -0.123. The van der Waals surface area contributed by atoms with Crippen LogP contribution in [0, 0.1) is 5.92 Å². The van der Waals surface area contributed by atoms with E-state index in [4.69, 9.17) is 0 Å². The van der Waals surface area contributed by atoms with E-state index in [9.17, 15) is 4.79 Å². The van der Waals surface area contributed by atoms with Crippen molar-refractivity contribution in [1.29, 1.82) is 0 Å². The fraction of sp³-hybridized carbons (Fsp3) is 0.500. The first-order chi connectivity index (χ1) is 14.7. The first kappa shape index (κ1) is 17.8. The van der Waals surface area contributed by atoms with E-state index in [0.717, 1.165) is 44.0 Å². The zero-order valence-electron chi connectivity index (χ0n) is 16.9. The highest BCUT2D eigenvalue weighted by Gasteiger charge is 2.47. The number of carbonyl (C=O) groups is 1. The summed E-state index contributed by atoms with van der Waals surface area (Å²) in [5, 5.41) is 15.9. The van der Waals surface area contributed by atoms with E-state index < -0.39 is 0 Å². The molecule has 2 aliphatic heterocycles.